The first-order chi connectivity index (χ1) is 13.6. The predicted molar refractivity (Wildman–Crippen MR) is 104 cm³/mol. The van der Waals surface area contributed by atoms with Crippen molar-refractivity contribution >= 4 is 24.0 Å². The van der Waals surface area contributed by atoms with E-state index in [1.54, 1.807) is 24.3 Å². The van der Waals surface area contributed by atoms with Gasteiger partial charge in [-0.2, -0.15) is 0 Å². The highest BCUT2D eigenvalue weighted by molar-refractivity contribution is 6.22. The highest BCUT2D eigenvalue weighted by Gasteiger charge is 2.42. The lowest BCUT2D eigenvalue weighted by atomic mass is 10.1. The molecular weight excluding hydrogens is 356 g/mol. The molecule has 1 N–H and O–H groups in total. The number of aldehydes is 1. The van der Waals surface area contributed by atoms with Crippen LogP contribution in [0.2, 0.25) is 0 Å². The molecule has 2 aromatic rings. The lowest BCUT2D eigenvalue weighted by Gasteiger charge is -2.24. The Hall–Kier alpha value is -3.28. The van der Waals surface area contributed by atoms with Crippen LogP contribution in [0.5, 0.6) is 0 Å². The summed E-state index contributed by atoms with van der Waals surface area (Å²) in [5, 5.41) is 2.81. The second kappa shape index (κ2) is 9.08. The first kappa shape index (κ1) is 19.5. The minimum atomic E-state index is -0.991. The number of benzene rings is 2. The van der Waals surface area contributed by atoms with Crippen LogP contribution >= 0.6 is 0 Å². The number of hydrogen-bond acceptors (Lipinski definition) is 4. The molecule has 0 saturated heterocycles. The van der Waals surface area contributed by atoms with E-state index in [4.69, 9.17) is 0 Å². The van der Waals surface area contributed by atoms with E-state index in [9.17, 15) is 19.2 Å². The Bertz CT molecular complexity index is 844. The van der Waals surface area contributed by atoms with Crippen molar-refractivity contribution < 1.29 is 19.2 Å². The summed E-state index contributed by atoms with van der Waals surface area (Å²) in [6, 6.07) is 15.4. The van der Waals surface area contributed by atoms with Crippen molar-refractivity contribution in [1.29, 1.82) is 0 Å². The third-order valence-electron chi connectivity index (χ3n) is 4.78. The van der Waals surface area contributed by atoms with Crippen LogP contribution < -0.4 is 5.32 Å². The van der Waals surface area contributed by atoms with Gasteiger partial charge in [-0.25, -0.2) is 0 Å². The first-order valence-corrected chi connectivity index (χ1v) is 9.35. The van der Waals surface area contributed by atoms with Gasteiger partial charge in [0, 0.05) is 13.0 Å². The molecule has 6 heteroatoms. The van der Waals surface area contributed by atoms with Gasteiger partial charge < -0.3 is 10.1 Å². The average Bonchev–Trinajstić information content (AvgIpc) is 2.98. The molecule has 28 heavy (non-hydrogen) atoms. The van der Waals surface area contributed by atoms with Gasteiger partial charge in [-0.05, 0) is 37.0 Å². The summed E-state index contributed by atoms with van der Waals surface area (Å²) in [4.78, 5) is 49.9. The van der Waals surface area contributed by atoms with Crippen LogP contribution in [0.4, 0.5) is 0 Å². The highest BCUT2D eigenvalue weighted by Crippen LogP contribution is 2.26. The van der Waals surface area contributed by atoms with E-state index in [1.165, 1.54) is 5.56 Å². The van der Waals surface area contributed by atoms with Gasteiger partial charge in [-0.15, -0.1) is 0 Å². The van der Waals surface area contributed by atoms with Crippen molar-refractivity contribution in [2.75, 3.05) is 6.54 Å². The third kappa shape index (κ3) is 4.17. The zero-order valence-electron chi connectivity index (χ0n) is 15.5. The minimum absolute atomic E-state index is 0.0928. The van der Waals surface area contributed by atoms with Crippen LogP contribution in [0.3, 0.4) is 0 Å². The Labute approximate surface area is 163 Å². The predicted octanol–water partition coefficient (Wildman–Crippen LogP) is 2.38. The van der Waals surface area contributed by atoms with Crippen molar-refractivity contribution in [3.05, 3.63) is 71.3 Å². The third-order valence-corrected chi connectivity index (χ3v) is 4.78. The molecule has 0 bridgehead atoms. The van der Waals surface area contributed by atoms with E-state index in [2.05, 4.69) is 5.32 Å². The fourth-order valence-corrected chi connectivity index (χ4v) is 3.36. The van der Waals surface area contributed by atoms with E-state index in [-0.39, 0.29) is 12.8 Å². The van der Waals surface area contributed by atoms with Crippen molar-refractivity contribution in [3.63, 3.8) is 0 Å². The van der Waals surface area contributed by atoms with E-state index >= 15 is 0 Å². The van der Waals surface area contributed by atoms with Gasteiger partial charge in [0.2, 0.25) is 5.91 Å². The lowest BCUT2D eigenvalue weighted by Crippen LogP contribution is -2.49. The van der Waals surface area contributed by atoms with Crippen molar-refractivity contribution in [2.24, 2.45) is 0 Å². The highest BCUT2D eigenvalue weighted by atomic mass is 16.2. The molecule has 3 rings (SSSR count). The normalized spacial score (nSPS) is 13.9. The van der Waals surface area contributed by atoms with Crippen LogP contribution in [0.15, 0.2) is 54.6 Å². The molecule has 144 valence electrons. The van der Waals surface area contributed by atoms with Gasteiger partial charge in [0.05, 0.1) is 11.1 Å². The molecule has 3 amide bonds. The minimum Gasteiger partial charge on any atom is -0.354 e. The second-order valence-electron chi connectivity index (χ2n) is 6.67. The summed E-state index contributed by atoms with van der Waals surface area (Å²) in [5.41, 5.74) is 1.76. The lowest BCUT2D eigenvalue weighted by molar-refractivity contribution is -0.125. The van der Waals surface area contributed by atoms with E-state index in [0.717, 1.165) is 17.7 Å². The standard InChI is InChI=1S/C22H22N2O4/c25-15-7-13-19(20(26)23-14-6-10-16-8-2-1-3-9-16)24-21(27)17-11-4-5-12-18(17)22(24)28/h1-5,8-9,11-12,15,19H,6-7,10,13-14H2,(H,23,26). The topological polar surface area (TPSA) is 83.6 Å². The summed E-state index contributed by atoms with van der Waals surface area (Å²) in [7, 11) is 0. The summed E-state index contributed by atoms with van der Waals surface area (Å²) in [5.74, 6) is -1.39. The van der Waals surface area contributed by atoms with Gasteiger partial charge in [-0.3, -0.25) is 19.3 Å². The van der Waals surface area contributed by atoms with Crippen molar-refractivity contribution in [2.45, 2.75) is 31.7 Å². The molecule has 0 spiro atoms. The molecule has 0 radical (unpaired) electrons. The molecule has 1 aliphatic heterocycles. The molecular formula is C22H22N2O4. The Morgan fingerprint density at radius 3 is 2.18 bits per heavy atom. The molecule has 0 fully saturated rings. The fourth-order valence-electron chi connectivity index (χ4n) is 3.36. The van der Waals surface area contributed by atoms with Crippen LogP contribution in [0.1, 0.15) is 45.5 Å². The number of carbonyl (C=O) groups is 4. The van der Waals surface area contributed by atoms with E-state index < -0.39 is 23.8 Å². The summed E-state index contributed by atoms with van der Waals surface area (Å²) in [6.07, 6.45) is 2.44. The monoisotopic (exact) mass is 378 g/mol. The maximum Gasteiger partial charge on any atom is 0.262 e. The second-order valence-corrected chi connectivity index (χ2v) is 6.67. The van der Waals surface area contributed by atoms with Gasteiger partial charge >= 0.3 is 0 Å². The summed E-state index contributed by atoms with van der Waals surface area (Å²) < 4.78 is 0. The first-order valence-electron chi connectivity index (χ1n) is 9.35. The SMILES string of the molecule is O=CCCC(C(=O)NCCCc1ccccc1)N1C(=O)c2ccccc2C1=O. The molecule has 1 unspecified atom stereocenters. The van der Waals surface area contributed by atoms with Crippen LogP contribution in [0, 0.1) is 0 Å². The smallest absolute Gasteiger partial charge is 0.262 e. The number of aryl methyl sites for hydroxylation is 1. The number of amides is 3. The molecule has 2 aromatic carbocycles. The van der Waals surface area contributed by atoms with Crippen molar-refractivity contribution in [1.82, 2.24) is 10.2 Å². The van der Waals surface area contributed by atoms with Gasteiger partial charge in [0.15, 0.2) is 0 Å². The quantitative estimate of drug-likeness (QED) is 0.413. The number of nitrogens with one attached hydrogen (secondary N) is 1. The molecule has 1 atom stereocenters. The largest absolute Gasteiger partial charge is 0.354 e. The van der Waals surface area contributed by atoms with E-state index in [0.29, 0.717) is 24.0 Å². The average molecular weight is 378 g/mol. The van der Waals surface area contributed by atoms with Gasteiger partial charge in [0.1, 0.15) is 12.3 Å². The molecule has 1 aliphatic rings. The number of hydrogen-bond donors (Lipinski definition) is 1. The van der Waals surface area contributed by atoms with Crippen LogP contribution in [-0.2, 0) is 16.0 Å². The number of imide groups is 1. The molecule has 0 aromatic heterocycles. The van der Waals surface area contributed by atoms with E-state index in [1.807, 2.05) is 30.3 Å². The Balaban J connectivity index is 1.65. The zero-order valence-corrected chi connectivity index (χ0v) is 15.5. The number of rotatable bonds is 9. The maximum absolute atomic E-state index is 12.7. The van der Waals surface area contributed by atoms with Crippen LogP contribution in [0.25, 0.3) is 0 Å². The Morgan fingerprint density at radius 2 is 1.57 bits per heavy atom. The molecule has 1 heterocycles. The zero-order chi connectivity index (χ0) is 19.9. The van der Waals surface area contributed by atoms with Crippen LogP contribution in [-0.4, -0.2) is 41.5 Å². The molecule has 6 nitrogen and oxygen atoms in total. The fraction of sp³-hybridized carbons (Fsp3) is 0.273. The van der Waals surface area contributed by atoms with Crippen molar-refractivity contribution in [3.8, 4) is 0 Å². The number of carbonyl (C=O) groups excluding carboxylic acids is 4. The van der Waals surface area contributed by atoms with Gasteiger partial charge in [0.25, 0.3) is 11.8 Å². The number of nitrogens with zero attached hydrogens (tertiary/aromatic N) is 1. The Morgan fingerprint density at radius 1 is 0.964 bits per heavy atom. The summed E-state index contributed by atoms with van der Waals surface area (Å²) >= 11 is 0. The maximum atomic E-state index is 12.7. The number of fused-ring (bicyclic) bond motifs is 1. The van der Waals surface area contributed by atoms with Gasteiger partial charge in [-0.1, -0.05) is 42.5 Å². The molecule has 0 saturated carbocycles. The molecule has 0 aliphatic carbocycles. The Kier molecular flexibility index (Phi) is 6.32. The summed E-state index contributed by atoms with van der Waals surface area (Å²) in [6.45, 7) is 0.425.